The maximum absolute atomic E-state index is 12.2. The van der Waals surface area contributed by atoms with Crippen molar-refractivity contribution >= 4 is 15.9 Å². The van der Waals surface area contributed by atoms with Crippen molar-refractivity contribution in [1.82, 2.24) is 4.98 Å². The van der Waals surface area contributed by atoms with Gasteiger partial charge >= 0.3 is 6.18 Å². The molecule has 0 atom stereocenters. The highest BCUT2D eigenvalue weighted by Crippen LogP contribution is 2.33. The molecule has 1 heterocycles. The highest BCUT2D eigenvalue weighted by molar-refractivity contribution is 9.10. The molecule has 0 unspecified atom stereocenters. The number of hydrogen-bond donors (Lipinski definition) is 1. The van der Waals surface area contributed by atoms with E-state index in [0.717, 1.165) is 0 Å². The van der Waals surface area contributed by atoms with Crippen molar-refractivity contribution in [2.45, 2.75) is 12.8 Å². The number of aliphatic hydroxyl groups excluding tert-OH is 1. The van der Waals surface area contributed by atoms with Crippen LogP contribution in [0.5, 0.6) is 0 Å². The van der Waals surface area contributed by atoms with Gasteiger partial charge in [-0.15, -0.1) is 0 Å². The maximum atomic E-state index is 12.2. The van der Waals surface area contributed by atoms with Gasteiger partial charge in [-0.05, 0) is 28.1 Å². The molecule has 0 bridgehead atoms. The second-order valence-electron chi connectivity index (χ2n) is 2.29. The molecule has 0 aliphatic heterocycles. The summed E-state index contributed by atoms with van der Waals surface area (Å²) in [5, 5.41) is 8.57. The first kappa shape index (κ1) is 10.5. The quantitative estimate of drug-likeness (QED) is 0.836. The third-order valence-corrected chi connectivity index (χ3v) is 1.97. The van der Waals surface area contributed by atoms with Crippen LogP contribution in [0.1, 0.15) is 11.4 Å². The predicted molar refractivity (Wildman–Crippen MR) is 42.9 cm³/mol. The van der Waals surface area contributed by atoms with Gasteiger partial charge in [0.05, 0.1) is 12.3 Å². The van der Waals surface area contributed by atoms with Gasteiger partial charge in [0.15, 0.2) is 5.69 Å². The van der Waals surface area contributed by atoms with E-state index in [4.69, 9.17) is 5.11 Å². The average Bonchev–Trinajstić information content (AvgIpc) is 2.03. The Morgan fingerprint density at radius 1 is 1.38 bits per heavy atom. The average molecular weight is 256 g/mol. The zero-order valence-corrected chi connectivity index (χ0v) is 7.85. The van der Waals surface area contributed by atoms with Crippen LogP contribution in [0.3, 0.4) is 0 Å². The summed E-state index contributed by atoms with van der Waals surface area (Å²) < 4.78 is 36.4. The molecular weight excluding hydrogens is 251 g/mol. The SMILES string of the molecule is OCc1ccc(Br)c(C(F)(F)F)n1. The first-order valence-electron chi connectivity index (χ1n) is 3.28. The lowest BCUT2D eigenvalue weighted by molar-refractivity contribution is -0.142. The van der Waals surface area contributed by atoms with E-state index in [-0.39, 0.29) is 10.2 Å². The van der Waals surface area contributed by atoms with E-state index in [2.05, 4.69) is 20.9 Å². The number of nitrogens with zero attached hydrogens (tertiary/aromatic N) is 1. The molecule has 1 aromatic heterocycles. The molecule has 1 aromatic rings. The zero-order chi connectivity index (χ0) is 10.1. The lowest BCUT2D eigenvalue weighted by Gasteiger charge is -2.08. The van der Waals surface area contributed by atoms with Crippen LogP contribution in [0.25, 0.3) is 0 Å². The van der Waals surface area contributed by atoms with Crippen LogP contribution < -0.4 is 0 Å². The van der Waals surface area contributed by atoms with Crippen LogP contribution in [0.2, 0.25) is 0 Å². The summed E-state index contributed by atoms with van der Waals surface area (Å²) >= 11 is 2.73. The van der Waals surface area contributed by atoms with E-state index in [0.29, 0.717) is 0 Å². The van der Waals surface area contributed by atoms with Crippen molar-refractivity contribution in [3.05, 3.63) is 28.0 Å². The van der Waals surface area contributed by atoms with E-state index in [9.17, 15) is 13.2 Å². The molecule has 1 N–H and O–H groups in total. The molecule has 6 heteroatoms. The van der Waals surface area contributed by atoms with E-state index in [1.54, 1.807) is 0 Å². The van der Waals surface area contributed by atoms with Gasteiger partial charge in [0, 0.05) is 4.47 Å². The van der Waals surface area contributed by atoms with Gasteiger partial charge in [-0.1, -0.05) is 0 Å². The second kappa shape index (κ2) is 3.63. The molecule has 0 aliphatic rings. The van der Waals surface area contributed by atoms with E-state index < -0.39 is 18.5 Å². The number of alkyl halides is 3. The Morgan fingerprint density at radius 2 is 2.00 bits per heavy atom. The highest BCUT2D eigenvalue weighted by Gasteiger charge is 2.35. The molecule has 0 amide bonds. The molecule has 0 aromatic carbocycles. The Balaban J connectivity index is 3.19. The Labute approximate surface area is 80.5 Å². The molecule has 0 radical (unpaired) electrons. The molecule has 0 spiro atoms. The van der Waals surface area contributed by atoms with Crippen molar-refractivity contribution in [2.75, 3.05) is 0 Å². The standard InChI is InChI=1S/C7H5BrF3NO/c8-5-2-1-4(3-13)12-6(5)7(9,10)11/h1-2,13H,3H2. The molecule has 13 heavy (non-hydrogen) atoms. The third-order valence-electron chi connectivity index (χ3n) is 1.33. The van der Waals surface area contributed by atoms with Crippen molar-refractivity contribution in [1.29, 1.82) is 0 Å². The third kappa shape index (κ3) is 2.41. The second-order valence-corrected chi connectivity index (χ2v) is 3.14. The van der Waals surface area contributed by atoms with Gasteiger partial charge in [0.25, 0.3) is 0 Å². The monoisotopic (exact) mass is 255 g/mol. The van der Waals surface area contributed by atoms with Gasteiger partial charge in [-0.3, -0.25) is 0 Å². The van der Waals surface area contributed by atoms with Gasteiger partial charge in [-0.2, -0.15) is 13.2 Å². The lowest BCUT2D eigenvalue weighted by Crippen LogP contribution is -2.10. The largest absolute Gasteiger partial charge is 0.434 e. The van der Waals surface area contributed by atoms with Crippen molar-refractivity contribution in [2.24, 2.45) is 0 Å². The zero-order valence-electron chi connectivity index (χ0n) is 6.27. The predicted octanol–water partition coefficient (Wildman–Crippen LogP) is 2.36. The van der Waals surface area contributed by atoms with Crippen LogP contribution in [-0.4, -0.2) is 10.1 Å². The molecule has 0 saturated carbocycles. The number of aromatic nitrogens is 1. The molecule has 1 rings (SSSR count). The van der Waals surface area contributed by atoms with Gasteiger partial charge in [0.1, 0.15) is 0 Å². The maximum Gasteiger partial charge on any atom is 0.434 e. The lowest BCUT2D eigenvalue weighted by atomic mass is 10.3. The Morgan fingerprint density at radius 3 is 2.46 bits per heavy atom. The minimum absolute atomic E-state index is 0.00414. The van der Waals surface area contributed by atoms with Crippen LogP contribution in [-0.2, 0) is 12.8 Å². The van der Waals surface area contributed by atoms with Crippen molar-refractivity contribution in [3.8, 4) is 0 Å². The van der Waals surface area contributed by atoms with E-state index >= 15 is 0 Å². The fraction of sp³-hybridized carbons (Fsp3) is 0.286. The summed E-state index contributed by atoms with van der Waals surface area (Å²) in [4.78, 5) is 3.24. The van der Waals surface area contributed by atoms with Crippen molar-refractivity contribution < 1.29 is 18.3 Å². The number of rotatable bonds is 1. The number of aliphatic hydroxyl groups is 1. The fourth-order valence-electron chi connectivity index (χ4n) is 0.769. The topological polar surface area (TPSA) is 33.1 Å². The molecule has 72 valence electrons. The van der Waals surface area contributed by atoms with Crippen molar-refractivity contribution in [3.63, 3.8) is 0 Å². The molecule has 0 aliphatic carbocycles. The first-order valence-corrected chi connectivity index (χ1v) is 4.08. The number of halogens is 4. The summed E-state index contributed by atoms with van der Waals surface area (Å²) in [6.07, 6.45) is -4.50. The number of hydrogen-bond acceptors (Lipinski definition) is 2. The van der Waals surface area contributed by atoms with Gasteiger partial charge < -0.3 is 5.11 Å². The Hall–Kier alpha value is -0.620. The Kier molecular flexibility index (Phi) is 2.92. The minimum atomic E-state index is -4.50. The van der Waals surface area contributed by atoms with Crippen LogP contribution >= 0.6 is 15.9 Å². The molecular formula is C7H5BrF3NO. The fourth-order valence-corrected chi connectivity index (χ4v) is 1.22. The molecule has 0 saturated heterocycles. The minimum Gasteiger partial charge on any atom is -0.390 e. The van der Waals surface area contributed by atoms with Crippen LogP contribution in [0.15, 0.2) is 16.6 Å². The first-order chi connectivity index (χ1) is 5.95. The van der Waals surface area contributed by atoms with Gasteiger partial charge in [0.2, 0.25) is 0 Å². The normalized spacial score (nSPS) is 11.8. The summed E-state index contributed by atoms with van der Waals surface area (Å²) in [6, 6.07) is 2.53. The van der Waals surface area contributed by atoms with Crippen LogP contribution in [0.4, 0.5) is 13.2 Å². The molecule has 0 fully saturated rings. The van der Waals surface area contributed by atoms with E-state index in [1.807, 2.05) is 0 Å². The smallest absolute Gasteiger partial charge is 0.390 e. The van der Waals surface area contributed by atoms with E-state index in [1.165, 1.54) is 12.1 Å². The molecule has 2 nitrogen and oxygen atoms in total. The number of pyridine rings is 1. The van der Waals surface area contributed by atoms with Gasteiger partial charge in [-0.25, -0.2) is 4.98 Å². The highest BCUT2D eigenvalue weighted by atomic mass is 79.9. The summed E-state index contributed by atoms with van der Waals surface area (Å²) in [6.45, 7) is -0.504. The summed E-state index contributed by atoms with van der Waals surface area (Å²) in [5.41, 5.74) is -1.02. The van der Waals surface area contributed by atoms with Crippen LogP contribution in [0, 0.1) is 0 Å². The summed E-state index contributed by atoms with van der Waals surface area (Å²) in [5.74, 6) is 0. The Bertz CT molecular complexity index is 313. The summed E-state index contributed by atoms with van der Waals surface area (Å²) in [7, 11) is 0.